The van der Waals surface area contributed by atoms with Crippen molar-refractivity contribution >= 4 is 17.3 Å². The third-order valence-corrected chi connectivity index (χ3v) is 5.22. The van der Waals surface area contributed by atoms with E-state index < -0.39 is 34.6 Å². The first kappa shape index (κ1) is 21.5. The minimum atomic E-state index is -5.08. The summed E-state index contributed by atoms with van der Waals surface area (Å²) in [6.45, 7) is 0. The summed E-state index contributed by atoms with van der Waals surface area (Å²) in [5.41, 5.74) is 4.86. The largest absolute Gasteiger partial charge is 0.505 e. The molecule has 4 rings (SSSR count). The number of hydrogen-bond acceptors (Lipinski definition) is 6. The zero-order valence-electron chi connectivity index (χ0n) is 16.3. The second-order valence-electron chi connectivity index (χ2n) is 7.37. The van der Waals surface area contributed by atoms with Gasteiger partial charge < -0.3 is 16.2 Å². The van der Waals surface area contributed by atoms with Crippen LogP contribution in [0.2, 0.25) is 0 Å². The van der Waals surface area contributed by atoms with Gasteiger partial charge in [0.15, 0.2) is 11.6 Å². The van der Waals surface area contributed by atoms with E-state index in [0.717, 1.165) is 17.5 Å². The van der Waals surface area contributed by atoms with E-state index in [1.807, 2.05) is 0 Å². The summed E-state index contributed by atoms with van der Waals surface area (Å²) in [6.07, 6.45) is -2.97. The van der Waals surface area contributed by atoms with Crippen LogP contribution in [-0.2, 0) is 19.0 Å². The van der Waals surface area contributed by atoms with E-state index in [-0.39, 0.29) is 29.1 Å². The molecule has 0 bridgehead atoms. The average Bonchev–Trinajstić information content (AvgIpc) is 3.10. The Balaban J connectivity index is 1.69. The molecule has 3 aromatic rings. The molecule has 0 saturated heterocycles. The maximum absolute atomic E-state index is 13.8. The van der Waals surface area contributed by atoms with Crippen molar-refractivity contribution in [3.63, 3.8) is 0 Å². The maximum Gasteiger partial charge on any atom is 0.419 e. The fraction of sp³-hybridized carbons (Fsp3) is 0.190. The number of halogens is 5. The molecule has 0 amide bonds. The summed E-state index contributed by atoms with van der Waals surface area (Å²) >= 11 is 0. The van der Waals surface area contributed by atoms with Crippen molar-refractivity contribution in [2.75, 3.05) is 11.1 Å². The van der Waals surface area contributed by atoms with Crippen LogP contribution in [0.3, 0.4) is 0 Å². The number of nitrogen functional groups attached to an aromatic ring is 1. The molecular weight excluding hydrogens is 433 g/mol. The predicted molar refractivity (Wildman–Crippen MR) is 107 cm³/mol. The normalized spacial score (nSPS) is 15.5. The molecule has 1 unspecified atom stereocenters. The third kappa shape index (κ3) is 3.93. The number of hydrogen-bond donors (Lipinski definition) is 4. The Morgan fingerprint density at radius 1 is 1.09 bits per heavy atom. The lowest BCUT2D eigenvalue weighted by Gasteiger charge is -2.18. The topological polar surface area (TPSA) is 108 Å². The van der Waals surface area contributed by atoms with E-state index in [4.69, 9.17) is 11.1 Å². The van der Waals surface area contributed by atoms with E-state index in [1.54, 1.807) is 6.07 Å². The summed E-state index contributed by atoms with van der Waals surface area (Å²) in [6, 6.07) is 5.33. The van der Waals surface area contributed by atoms with Crippen molar-refractivity contribution in [1.82, 2.24) is 9.97 Å². The number of fused-ring (bicyclic) bond motifs is 1. The first-order chi connectivity index (χ1) is 15.0. The fourth-order valence-electron chi connectivity index (χ4n) is 3.74. The van der Waals surface area contributed by atoms with E-state index in [9.17, 15) is 27.1 Å². The van der Waals surface area contributed by atoms with Gasteiger partial charge in [-0.3, -0.25) is 5.41 Å². The van der Waals surface area contributed by atoms with Gasteiger partial charge in [-0.25, -0.2) is 18.7 Å². The monoisotopic (exact) mass is 449 g/mol. The number of rotatable bonds is 4. The molecule has 1 aromatic heterocycles. The molecule has 166 valence electrons. The Morgan fingerprint density at radius 3 is 2.53 bits per heavy atom. The molecule has 11 heteroatoms. The smallest absolute Gasteiger partial charge is 0.419 e. The van der Waals surface area contributed by atoms with Crippen LogP contribution < -0.4 is 11.1 Å². The van der Waals surface area contributed by atoms with Crippen molar-refractivity contribution in [3.8, 4) is 5.75 Å². The number of nitrogens with one attached hydrogen (secondary N) is 2. The molecule has 5 N–H and O–H groups in total. The molecule has 32 heavy (non-hydrogen) atoms. The number of benzene rings is 2. The molecule has 6 nitrogen and oxygen atoms in total. The maximum atomic E-state index is 13.8. The first-order valence-corrected chi connectivity index (χ1v) is 9.38. The number of phenolic OH excluding ortho intramolecular Hbond substituents is 1. The van der Waals surface area contributed by atoms with Gasteiger partial charge >= 0.3 is 6.18 Å². The lowest BCUT2D eigenvalue weighted by molar-refractivity contribution is -0.140. The molecule has 1 aliphatic carbocycles. The van der Waals surface area contributed by atoms with Crippen LogP contribution in [0.4, 0.5) is 33.6 Å². The summed E-state index contributed by atoms with van der Waals surface area (Å²) < 4.78 is 66.7. The van der Waals surface area contributed by atoms with Crippen LogP contribution in [0, 0.1) is 17.0 Å². The van der Waals surface area contributed by atoms with Gasteiger partial charge in [0.25, 0.3) is 0 Å². The number of aromatic nitrogens is 2. The van der Waals surface area contributed by atoms with Gasteiger partial charge in [-0.15, -0.1) is 0 Å². The number of nitrogens with zero attached hydrogens (tertiary/aromatic N) is 2. The van der Waals surface area contributed by atoms with Crippen molar-refractivity contribution < 1.29 is 27.1 Å². The highest BCUT2D eigenvalue weighted by Gasteiger charge is 2.36. The molecule has 1 atom stereocenters. The molecule has 0 aliphatic heterocycles. The van der Waals surface area contributed by atoms with Crippen molar-refractivity contribution in [3.05, 3.63) is 76.1 Å². The second-order valence-corrected chi connectivity index (χ2v) is 7.37. The molecule has 2 aromatic carbocycles. The van der Waals surface area contributed by atoms with E-state index in [2.05, 4.69) is 15.3 Å². The number of phenols is 1. The van der Waals surface area contributed by atoms with E-state index in [0.29, 0.717) is 25.0 Å². The summed E-state index contributed by atoms with van der Waals surface area (Å²) in [5, 5.41) is 21.1. The fourth-order valence-corrected chi connectivity index (χ4v) is 3.74. The van der Waals surface area contributed by atoms with Crippen LogP contribution in [-0.4, -0.2) is 26.8 Å². The quantitative estimate of drug-likeness (QED) is 0.355. The van der Waals surface area contributed by atoms with Crippen LogP contribution in [0.1, 0.15) is 27.8 Å². The van der Waals surface area contributed by atoms with Crippen molar-refractivity contribution in [2.24, 2.45) is 0 Å². The van der Waals surface area contributed by atoms with Gasteiger partial charge in [0.05, 0.1) is 16.8 Å². The average molecular weight is 449 g/mol. The second kappa shape index (κ2) is 7.74. The highest BCUT2D eigenvalue weighted by atomic mass is 19.4. The van der Waals surface area contributed by atoms with Crippen LogP contribution in [0.15, 0.2) is 36.7 Å². The minimum absolute atomic E-state index is 0.0816. The Labute approximate surface area is 178 Å². The third-order valence-electron chi connectivity index (χ3n) is 5.22. The van der Waals surface area contributed by atoms with Gasteiger partial charge in [-0.05, 0) is 48.2 Å². The van der Waals surface area contributed by atoms with Gasteiger partial charge in [-0.2, -0.15) is 13.2 Å². The van der Waals surface area contributed by atoms with Crippen molar-refractivity contribution in [2.45, 2.75) is 25.1 Å². The Kier molecular flexibility index (Phi) is 5.19. The lowest BCUT2D eigenvalue weighted by atomic mass is 9.99. The molecule has 1 heterocycles. The molecule has 0 fully saturated rings. The summed E-state index contributed by atoms with van der Waals surface area (Å²) in [7, 11) is 0. The van der Waals surface area contributed by atoms with E-state index >= 15 is 0 Å². The summed E-state index contributed by atoms with van der Waals surface area (Å²) in [5.74, 6) is -3.56. The van der Waals surface area contributed by atoms with Crippen LogP contribution in [0.25, 0.3) is 0 Å². The molecule has 0 radical (unpaired) electrons. The molecular formula is C21H16F5N5O. The molecule has 0 saturated carbocycles. The summed E-state index contributed by atoms with van der Waals surface area (Å²) in [4.78, 5) is 7.87. The van der Waals surface area contributed by atoms with Gasteiger partial charge in [0.1, 0.15) is 23.8 Å². The first-order valence-electron chi connectivity index (χ1n) is 9.38. The Morgan fingerprint density at radius 2 is 1.81 bits per heavy atom. The van der Waals surface area contributed by atoms with Gasteiger partial charge in [-0.1, -0.05) is 6.07 Å². The standard InChI is InChI=1S/C21H16F5N5O/c22-12-2-1-9-4-13(5-10(9)3-12)31-20-16(19(28)29-8-30-20)18(27)11-6-14(21(24,25)26)17(23)15(32)7-11/h1-3,6-8,13,27,32H,4-5H2,(H3,28,29,30,31). The predicted octanol–water partition coefficient (Wildman–Crippen LogP) is 4.06. The number of anilines is 2. The number of alkyl halides is 3. The van der Waals surface area contributed by atoms with E-state index in [1.165, 1.54) is 12.1 Å². The zero-order valence-corrected chi connectivity index (χ0v) is 16.3. The Bertz CT molecular complexity index is 1230. The minimum Gasteiger partial charge on any atom is -0.505 e. The van der Waals surface area contributed by atoms with Crippen molar-refractivity contribution in [1.29, 1.82) is 5.41 Å². The van der Waals surface area contributed by atoms with Crippen LogP contribution in [0.5, 0.6) is 5.75 Å². The SMILES string of the molecule is N=C(c1cc(O)c(F)c(C(F)(F)F)c1)c1c(N)ncnc1NC1Cc2ccc(F)cc2C1. The molecule has 1 aliphatic rings. The lowest BCUT2D eigenvalue weighted by Crippen LogP contribution is -2.23. The zero-order chi connectivity index (χ0) is 23.2. The number of nitrogens with two attached hydrogens (primary N) is 1. The Hall–Kier alpha value is -3.76. The van der Waals surface area contributed by atoms with Crippen LogP contribution >= 0.6 is 0 Å². The van der Waals surface area contributed by atoms with Gasteiger partial charge in [0.2, 0.25) is 0 Å². The highest BCUT2D eigenvalue weighted by molar-refractivity contribution is 6.16. The van der Waals surface area contributed by atoms with Gasteiger partial charge in [0, 0.05) is 11.6 Å². The highest BCUT2D eigenvalue weighted by Crippen LogP contribution is 2.37. The molecule has 0 spiro atoms. The number of aromatic hydroxyl groups is 1.